The van der Waals surface area contributed by atoms with Crippen LogP contribution >= 0.6 is 0 Å². The summed E-state index contributed by atoms with van der Waals surface area (Å²) in [6.07, 6.45) is 6.83. The number of ether oxygens (including phenoxy) is 1. The number of rotatable bonds is 5. The molecule has 1 fully saturated rings. The number of anilines is 2. The Morgan fingerprint density at radius 3 is 2.79 bits per heavy atom. The Morgan fingerprint density at radius 1 is 1.18 bits per heavy atom. The maximum absolute atomic E-state index is 10.7. The SMILES string of the molecule is Cc1cc(Nc2nccc(C)n2)cc(-c2cnn(CC3(O)CCOCC3)c2)c1. The van der Waals surface area contributed by atoms with E-state index < -0.39 is 5.60 Å². The fourth-order valence-corrected chi connectivity index (χ4v) is 3.47. The number of hydrogen-bond acceptors (Lipinski definition) is 6. The van der Waals surface area contributed by atoms with Crippen molar-refractivity contribution in [3.05, 3.63) is 54.1 Å². The van der Waals surface area contributed by atoms with Gasteiger partial charge in [-0.1, -0.05) is 6.07 Å². The zero-order valence-corrected chi connectivity index (χ0v) is 16.2. The molecule has 0 aliphatic carbocycles. The molecule has 0 atom stereocenters. The molecule has 7 nitrogen and oxygen atoms in total. The van der Waals surface area contributed by atoms with Crippen molar-refractivity contribution in [2.45, 2.75) is 38.8 Å². The molecule has 0 amide bonds. The van der Waals surface area contributed by atoms with Crippen LogP contribution in [0, 0.1) is 13.8 Å². The van der Waals surface area contributed by atoms with Gasteiger partial charge in [0.05, 0.1) is 18.3 Å². The van der Waals surface area contributed by atoms with Crippen LogP contribution in [-0.4, -0.2) is 43.7 Å². The van der Waals surface area contributed by atoms with Crippen molar-refractivity contribution in [3.8, 4) is 11.1 Å². The van der Waals surface area contributed by atoms with Gasteiger partial charge in [-0.25, -0.2) is 9.97 Å². The predicted octanol–water partition coefficient (Wildman–Crippen LogP) is 3.24. The highest BCUT2D eigenvalue weighted by atomic mass is 16.5. The van der Waals surface area contributed by atoms with Gasteiger partial charge in [-0.2, -0.15) is 5.10 Å². The van der Waals surface area contributed by atoms with Crippen molar-refractivity contribution >= 4 is 11.6 Å². The third kappa shape index (κ3) is 4.37. The first kappa shape index (κ1) is 18.6. The third-order valence-electron chi connectivity index (χ3n) is 4.97. The van der Waals surface area contributed by atoms with Gasteiger partial charge in [0.15, 0.2) is 0 Å². The summed E-state index contributed by atoms with van der Waals surface area (Å²) in [5.74, 6) is 0.578. The lowest BCUT2D eigenvalue weighted by Gasteiger charge is -2.31. The molecule has 3 aromatic rings. The van der Waals surface area contributed by atoms with Crippen molar-refractivity contribution in [2.75, 3.05) is 18.5 Å². The summed E-state index contributed by atoms with van der Waals surface area (Å²) in [6.45, 7) is 5.66. The van der Waals surface area contributed by atoms with Crippen LogP contribution in [0.25, 0.3) is 11.1 Å². The largest absolute Gasteiger partial charge is 0.388 e. The molecule has 1 aliphatic heterocycles. The minimum atomic E-state index is -0.747. The molecule has 3 heterocycles. The molecule has 2 aromatic heterocycles. The topological polar surface area (TPSA) is 85.1 Å². The van der Waals surface area contributed by atoms with Crippen LogP contribution in [0.3, 0.4) is 0 Å². The van der Waals surface area contributed by atoms with Crippen molar-refractivity contribution in [3.63, 3.8) is 0 Å². The molecule has 28 heavy (non-hydrogen) atoms. The van der Waals surface area contributed by atoms with E-state index in [1.807, 2.05) is 30.1 Å². The Kier molecular flexibility index (Phi) is 5.11. The maximum Gasteiger partial charge on any atom is 0.227 e. The van der Waals surface area contributed by atoms with Crippen molar-refractivity contribution in [2.24, 2.45) is 0 Å². The summed E-state index contributed by atoms with van der Waals surface area (Å²) in [6, 6.07) is 8.11. The van der Waals surface area contributed by atoms with Crippen LogP contribution in [0.15, 0.2) is 42.9 Å². The van der Waals surface area contributed by atoms with Gasteiger partial charge in [-0.05, 0) is 43.2 Å². The van der Waals surface area contributed by atoms with E-state index in [9.17, 15) is 5.11 Å². The molecule has 4 rings (SSSR count). The summed E-state index contributed by atoms with van der Waals surface area (Å²) in [7, 11) is 0. The number of aryl methyl sites for hydroxylation is 2. The molecule has 0 radical (unpaired) electrons. The minimum absolute atomic E-state index is 0.477. The molecule has 0 unspecified atom stereocenters. The summed E-state index contributed by atoms with van der Waals surface area (Å²) in [5, 5.41) is 18.4. The second-order valence-corrected chi connectivity index (χ2v) is 7.50. The monoisotopic (exact) mass is 379 g/mol. The predicted molar refractivity (Wildman–Crippen MR) is 107 cm³/mol. The molecule has 0 bridgehead atoms. The number of aromatic nitrogens is 4. The first-order valence-corrected chi connectivity index (χ1v) is 9.50. The van der Waals surface area contributed by atoms with Gasteiger partial charge in [0.1, 0.15) is 0 Å². The summed E-state index contributed by atoms with van der Waals surface area (Å²) >= 11 is 0. The molecular weight excluding hydrogens is 354 g/mol. The number of nitrogens with one attached hydrogen (secondary N) is 1. The van der Waals surface area contributed by atoms with Gasteiger partial charge in [-0.3, -0.25) is 4.68 Å². The fraction of sp³-hybridized carbons (Fsp3) is 0.381. The van der Waals surface area contributed by atoms with Gasteiger partial charge in [0, 0.05) is 55.4 Å². The van der Waals surface area contributed by atoms with E-state index in [0.29, 0.717) is 38.5 Å². The Bertz CT molecular complexity index is 963. The summed E-state index contributed by atoms with van der Waals surface area (Å²) < 4.78 is 7.17. The lowest BCUT2D eigenvalue weighted by atomic mass is 9.94. The van der Waals surface area contributed by atoms with Crippen LogP contribution in [0.1, 0.15) is 24.1 Å². The van der Waals surface area contributed by atoms with Crippen LogP contribution < -0.4 is 5.32 Å². The van der Waals surface area contributed by atoms with Crippen LogP contribution in [0.4, 0.5) is 11.6 Å². The van der Waals surface area contributed by atoms with Crippen molar-refractivity contribution in [1.82, 2.24) is 19.7 Å². The first-order valence-electron chi connectivity index (χ1n) is 9.50. The molecule has 0 spiro atoms. The Morgan fingerprint density at radius 2 is 2.00 bits per heavy atom. The van der Waals surface area contributed by atoms with Crippen LogP contribution in [0.5, 0.6) is 0 Å². The fourth-order valence-electron chi connectivity index (χ4n) is 3.47. The van der Waals surface area contributed by atoms with E-state index in [0.717, 1.165) is 28.1 Å². The van der Waals surface area contributed by atoms with Crippen molar-refractivity contribution in [1.29, 1.82) is 0 Å². The van der Waals surface area contributed by atoms with E-state index in [-0.39, 0.29) is 0 Å². The second kappa shape index (κ2) is 7.69. The lowest BCUT2D eigenvalue weighted by Crippen LogP contribution is -2.40. The van der Waals surface area contributed by atoms with Crippen LogP contribution in [0.2, 0.25) is 0 Å². The Balaban J connectivity index is 1.54. The second-order valence-electron chi connectivity index (χ2n) is 7.50. The molecule has 0 saturated carbocycles. The van der Waals surface area contributed by atoms with E-state index in [4.69, 9.17) is 4.74 Å². The van der Waals surface area contributed by atoms with Gasteiger partial charge in [0.25, 0.3) is 0 Å². The lowest BCUT2D eigenvalue weighted by molar-refractivity contribution is -0.0744. The normalized spacial score (nSPS) is 16.1. The van der Waals surface area contributed by atoms with Gasteiger partial charge >= 0.3 is 0 Å². The molecule has 7 heteroatoms. The molecule has 1 saturated heterocycles. The van der Waals surface area contributed by atoms with Crippen molar-refractivity contribution < 1.29 is 9.84 Å². The number of nitrogens with zero attached hydrogens (tertiary/aromatic N) is 4. The standard InChI is InChI=1S/C21H25N5O2/c1-15-9-17(11-19(10-15)25-20-22-6-3-16(2)24-20)18-12-23-26(13-18)14-21(27)4-7-28-8-5-21/h3,6,9-13,27H,4-5,7-8,14H2,1-2H3,(H,22,24,25). The number of aliphatic hydroxyl groups is 1. The molecule has 2 N–H and O–H groups in total. The molecule has 1 aliphatic rings. The summed E-state index contributed by atoms with van der Waals surface area (Å²) in [4.78, 5) is 8.67. The Labute approximate surface area is 164 Å². The minimum Gasteiger partial charge on any atom is -0.388 e. The first-order chi connectivity index (χ1) is 13.5. The van der Waals surface area contributed by atoms with Gasteiger partial charge < -0.3 is 15.2 Å². The number of benzene rings is 1. The summed E-state index contributed by atoms with van der Waals surface area (Å²) in [5.41, 5.74) is 4.29. The zero-order valence-electron chi connectivity index (χ0n) is 16.2. The van der Waals surface area contributed by atoms with E-state index in [2.05, 4.69) is 45.5 Å². The van der Waals surface area contributed by atoms with Gasteiger partial charge in [0.2, 0.25) is 5.95 Å². The molecule has 146 valence electrons. The highest BCUT2D eigenvalue weighted by Gasteiger charge is 2.30. The van der Waals surface area contributed by atoms with E-state index in [1.54, 1.807) is 6.20 Å². The van der Waals surface area contributed by atoms with E-state index in [1.165, 1.54) is 0 Å². The number of hydrogen-bond donors (Lipinski definition) is 2. The van der Waals surface area contributed by atoms with E-state index >= 15 is 0 Å². The quantitative estimate of drug-likeness (QED) is 0.708. The average Bonchev–Trinajstić information content (AvgIpc) is 3.10. The molecular formula is C21H25N5O2. The van der Waals surface area contributed by atoms with Gasteiger partial charge in [-0.15, -0.1) is 0 Å². The highest BCUT2D eigenvalue weighted by molar-refractivity contribution is 5.70. The Hall–Kier alpha value is -2.77. The highest BCUT2D eigenvalue weighted by Crippen LogP contribution is 2.27. The third-order valence-corrected chi connectivity index (χ3v) is 4.97. The average molecular weight is 379 g/mol. The smallest absolute Gasteiger partial charge is 0.227 e. The van der Waals surface area contributed by atoms with Crippen LogP contribution in [-0.2, 0) is 11.3 Å². The maximum atomic E-state index is 10.7. The zero-order chi connectivity index (χ0) is 19.6. The molecule has 1 aromatic carbocycles.